The summed E-state index contributed by atoms with van der Waals surface area (Å²) in [5, 5.41) is 6.05. The zero-order valence-corrected chi connectivity index (χ0v) is 13.5. The van der Waals surface area contributed by atoms with E-state index >= 15 is 0 Å². The molecule has 0 bridgehead atoms. The molecule has 3 heteroatoms. The molecule has 1 fully saturated rings. The fourth-order valence-electron chi connectivity index (χ4n) is 3.07. The molecule has 0 heterocycles. The molecule has 1 saturated carbocycles. The lowest BCUT2D eigenvalue weighted by Gasteiger charge is -2.30. The Morgan fingerprint density at radius 3 is 2.29 bits per heavy atom. The standard InChI is InChI=1S/C18H28N2O/c1-17(2,3)13-19-16(21)20-14-18(11-7-8-12-18)15-9-5-4-6-10-15/h4-6,9-10H,7-8,11-14H2,1-3H3,(H2,19,20,21). The van der Waals surface area contributed by atoms with Gasteiger partial charge in [-0.3, -0.25) is 0 Å². The minimum Gasteiger partial charge on any atom is -0.338 e. The van der Waals surface area contributed by atoms with E-state index in [0.717, 1.165) is 19.4 Å². The maximum Gasteiger partial charge on any atom is 0.314 e. The van der Waals surface area contributed by atoms with Gasteiger partial charge in [-0.2, -0.15) is 0 Å². The molecule has 1 aromatic carbocycles. The van der Waals surface area contributed by atoms with Crippen molar-refractivity contribution in [2.75, 3.05) is 13.1 Å². The lowest BCUT2D eigenvalue weighted by Crippen LogP contribution is -2.45. The highest BCUT2D eigenvalue weighted by molar-refractivity contribution is 5.74. The van der Waals surface area contributed by atoms with Gasteiger partial charge in [0, 0.05) is 18.5 Å². The number of carbonyl (C=O) groups excluding carboxylic acids is 1. The largest absolute Gasteiger partial charge is 0.338 e. The summed E-state index contributed by atoms with van der Waals surface area (Å²) < 4.78 is 0. The van der Waals surface area contributed by atoms with Crippen LogP contribution in [0.2, 0.25) is 0 Å². The molecule has 2 N–H and O–H groups in total. The van der Waals surface area contributed by atoms with Gasteiger partial charge in [-0.25, -0.2) is 4.79 Å². The Morgan fingerprint density at radius 1 is 1.10 bits per heavy atom. The number of urea groups is 1. The van der Waals surface area contributed by atoms with Gasteiger partial charge in [-0.1, -0.05) is 63.9 Å². The fraction of sp³-hybridized carbons (Fsp3) is 0.611. The summed E-state index contributed by atoms with van der Waals surface area (Å²) in [5.74, 6) is 0. The van der Waals surface area contributed by atoms with Gasteiger partial charge in [0.15, 0.2) is 0 Å². The summed E-state index contributed by atoms with van der Waals surface area (Å²) in [6, 6.07) is 10.6. The van der Waals surface area contributed by atoms with E-state index < -0.39 is 0 Å². The average Bonchev–Trinajstić information content (AvgIpc) is 2.93. The van der Waals surface area contributed by atoms with Gasteiger partial charge in [0.05, 0.1) is 0 Å². The van der Waals surface area contributed by atoms with E-state index in [-0.39, 0.29) is 16.9 Å². The number of benzene rings is 1. The summed E-state index contributed by atoms with van der Waals surface area (Å²) in [5.41, 5.74) is 1.60. The van der Waals surface area contributed by atoms with Crippen LogP contribution >= 0.6 is 0 Å². The zero-order valence-electron chi connectivity index (χ0n) is 13.5. The molecule has 0 aliphatic heterocycles. The van der Waals surface area contributed by atoms with Crippen molar-refractivity contribution in [2.45, 2.75) is 51.9 Å². The van der Waals surface area contributed by atoms with Gasteiger partial charge >= 0.3 is 6.03 Å². The molecule has 0 saturated heterocycles. The first kappa shape index (κ1) is 15.9. The SMILES string of the molecule is CC(C)(C)CNC(=O)NCC1(c2ccccc2)CCCC1. The summed E-state index contributed by atoms with van der Waals surface area (Å²) in [7, 11) is 0. The van der Waals surface area contributed by atoms with Gasteiger partial charge in [0.2, 0.25) is 0 Å². The lowest BCUT2D eigenvalue weighted by molar-refractivity contribution is 0.232. The van der Waals surface area contributed by atoms with Crippen LogP contribution in [0.15, 0.2) is 30.3 Å². The van der Waals surface area contributed by atoms with Crippen molar-refractivity contribution in [2.24, 2.45) is 5.41 Å². The predicted octanol–water partition coefficient (Wildman–Crippen LogP) is 3.84. The van der Waals surface area contributed by atoms with Crippen LogP contribution in [0.1, 0.15) is 52.0 Å². The van der Waals surface area contributed by atoms with Crippen LogP contribution in [0.5, 0.6) is 0 Å². The molecule has 0 radical (unpaired) electrons. The van der Waals surface area contributed by atoms with Gasteiger partial charge in [0.25, 0.3) is 0 Å². The first-order chi connectivity index (χ1) is 9.91. The normalized spacial score (nSPS) is 17.5. The average molecular weight is 288 g/mol. The molecule has 0 atom stereocenters. The molecule has 1 aliphatic carbocycles. The van der Waals surface area contributed by atoms with Crippen molar-refractivity contribution in [1.29, 1.82) is 0 Å². The number of amides is 2. The van der Waals surface area contributed by atoms with Crippen LogP contribution in [-0.2, 0) is 5.41 Å². The van der Waals surface area contributed by atoms with Crippen LogP contribution < -0.4 is 10.6 Å². The van der Waals surface area contributed by atoms with E-state index in [1.807, 2.05) is 0 Å². The zero-order chi connectivity index (χ0) is 15.3. The Hall–Kier alpha value is -1.51. The lowest BCUT2D eigenvalue weighted by atomic mass is 9.79. The van der Waals surface area contributed by atoms with Gasteiger partial charge in [0.1, 0.15) is 0 Å². The Bertz CT molecular complexity index is 456. The van der Waals surface area contributed by atoms with E-state index in [0.29, 0.717) is 6.54 Å². The van der Waals surface area contributed by atoms with E-state index in [1.165, 1.54) is 18.4 Å². The smallest absolute Gasteiger partial charge is 0.314 e. The summed E-state index contributed by atoms with van der Waals surface area (Å²) in [4.78, 5) is 12.0. The van der Waals surface area contributed by atoms with Crippen molar-refractivity contribution in [3.8, 4) is 0 Å². The van der Waals surface area contributed by atoms with Crippen molar-refractivity contribution in [3.63, 3.8) is 0 Å². The summed E-state index contributed by atoms with van der Waals surface area (Å²) in [6.45, 7) is 7.78. The molecular weight excluding hydrogens is 260 g/mol. The molecule has 2 rings (SSSR count). The number of hydrogen-bond donors (Lipinski definition) is 2. The summed E-state index contributed by atoms with van der Waals surface area (Å²) >= 11 is 0. The number of hydrogen-bond acceptors (Lipinski definition) is 1. The van der Waals surface area contributed by atoms with E-state index in [9.17, 15) is 4.79 Å². The molecule has 3 nitrogen and oxygen atoms in total. The van der Waals surface area contributed by atoms with Crippen LogP contribution in [0.4, 0.5) is 4.79 Å². The first-order valence-corrected chi connectivity index (χ1v) is 7.99. The molecule has 0 spiro atoms. The van der Waals surface area contributed by atoms with Crippen molar-refractivity contribution >= 4 is 6.03 Å². The van der Waals surface area contributed by atoms with E-state index in [2.05, 4.69) is 61.7 Å². The molecule has 21 heavy (non-hydrogen) atoms. The summed E-state index contributed by atoms with van der Waals surface area (Å²) in [6.07, 6.45) is 4.83. The number of nitrogens with one attached hydrogen (secondary N) is 2. The third-order valence-corrected chi connectivity index (χ3v) is 4.31. The number of rotatable bonds is 4. The quantitative estimate of drug-likeness (QED) is 0.868. The molecule has 1 aromatic rings. The second-order valence-electron chi connectivity index (χ2n) is 7.45. The monoisotopic (exact) mass is 288 g/mol. The molecular formula is C18H28N2O. The third-order valence-electron chi connectivity index (χ3n) is 4.31. The van der Waals surface area contributed by atoms with Crippen LogP contribution in [0.25, 0.3) is 0 Å². The van der Waals surface area contributed by atoms with Gasteiger partial charge < -0.3 is 10.6 Å². The highest BCUT2D eigenvalue weighted by atomic mass is 16.2. The molecule has 2 amide bonds. The highest BCUT2D eigenvalue weighted by Gasteiger charge is 2.35. The number of carbonyl (C=O) groups is 1. The second-order valence-corrected chi connectivity index (χ2v) is 7.45. The third kappa shape index (κ3) is 4.48. The first-order valence-electron chi connectivity index (χ1n) is 7.99. The Balaban J connectivity index is 1.94. The molecule has 0 unspecified atom stereocenters. The van der Waals surface area contributed by atoms with Crippen LogP contribution in [0, 0.1) is 5.41 Å². The maximum absolute atomic E-state index is 12.0. The minimum atomic E-state index is -0.0490. The topological polar surface area (TPSA) is 41.1 Å². The molecule has 1 aliphatic rings. The highest BCUT2D eigenvalue weighted by Crippen LogP contribution is 2.40. The van der Waals surface area contributed by atoms with E-state index in [1.54, 1.807) is 0 Å². The predicted molar refractivity (Wildman–Crippen MR) is 87.4 cm³/mol. The van der Waals surface area contributed by atoms with Crippen molar-refractivity contribution in [3.05, 3.63) is 35.9 Å². The Labute approximate surface area is 128 Å². The Morgan fingerprint density at radius 2 is 1.71 bits per heavy atom. The Kier molecular flexibility index (Phi) is 4.92. The van der Waals surface area contributed by atoms with Crippen molar-refractivity contribution < 1.29 is 4.79 Å². The van der Waals surface area contributed by atoms with Gasteiger partial charge in [-0.15, -0.1) is 0 Å². The van der Waals surface area contributed by atoms with Crippen LogP contribution in [-0.4, -0.2) is 19.1 Å². The molecule has 116 valence electrons. The van der Waals surface area contributed by atoms with Crippen LogP contribution in [0.3, 0.4) is 0 Å². The van der Waals surface area contributed by atoms with Crippen molar-refractivity contribution in [1.82, 2.24) is 10.6 Å². The maximum atomic E-state index is 12.0. The minimum absolute atomic E-state index is 0.0490. The van der Waals surface area contributed by atoms with Gasteiger partial charge in [-0.05, 0) is 23.8 Å². The molecule has 0 aromatic heterocycles. The second kappa shape index (κ2) is 6.50. The van der Waals surface area contributed by atoms with E-state index in [4.69, 9.17) is 0 Å². The fourth-order valence-corrected chi connectivity index (χ4v) is 3.07.